The predicted molar refractivity (Wildman–Crippen MR) is 65.8 cm³/mol. The molecule has 1 aromatic rings. The smallest absolute Gasteiger partial charge is 0.344 e. The Bertz CT molecular complexity index is 438. The van der Waals surface area contributed by atoms with Gasteiger partial charge < -0.3 is 5.32 Å². The highest BCUT2D eigenvalue weighted by atomic mass is 19.4. The van der Waals surface area contributed by atoms with Crippen molar-refractivity contribution in [2.45, 2.75) is 31.9 Å². The fourth-order valence-corrected chi connectivity index (χ4v) is 1.92. The molecule has 98 valence electrons. The molecule has 0 bridgehead atoms. The van der Waals surface area contributed by atoms with E-state index in [0.29, 0.717) is 5.69 Å². The van der Waals surface area contributed by atoms with E-state index in [0.717, 1.165) is 50.2 Å². The number of halogens is 3. The van der Waals surface area contributed by atoms with Gasteiger partial charge in [-0.1, -0.05) is 12.5 Å². The lowest BCUT2D eigenvalue weighted by Gasteiger charge is -2.11. The molecular weight excluding hydrogens is 241 g/mol. The van der Waals surface area contributed by atoms with Gasteiger partial charge in [0.2, 0.25) is 0 Å². The molecule has 0 amide bonds. The van der Waals surface area contributed by atoms with Gasteiger partial charge in [-0.3, -0.25) is 4.99 Å². The maximum atomic E-state index is 12.6. The number of alkyl halides is 3. The van der Waals surface area contributed by atoms with Crippen molar-refractivity contribution in [1.29, 1.82) is 0 Å². The SMILES string of the molecule is FC(F)(F)c1cccc(NC2=NCCCCC2)c1. The van der Waals surface area contributed by atoms with Gasteiger partial charge in [0.25, 0.3) is 0 Å². The monoisotopic (exact) mass is 256 g/mol. The van der Waals surface area contributed by atoms with Gasteiger partial charge in [0.05, 0.1) is 5.56 Å². The van der Waals surface area contributed by atoms with E-state index in [4.69, 9.17) is 0 Å². The Morgan fingerprint density at radius 1 is 1.11 bits per heavy atom. The average molecular weight is 256 g/mol. The second kappa shape index (κ2) is 5.42. The van der Waals surface area contributed by atoms with Crippen LogP contribution in [-0.4, -0.2) is 12.4 Å². The molecule has 0 aromatic heterocycles. The van der Waals surface area contributed by atoms with E-state index < -0.39 is 11.7 Å². The van der Waals surface area contributed by atoms with Crippen LogP contribution in [0.4, 0.5) is 18.9 Å². The first-order valence-electron chi connectivity index (χ1n) is 6.03. The van der Waals surface area contributed by atoms with E-state index >= 15 is 0 Å². The van der Waals surface area contributed by atoms with Crippen LogP contribution in [0.25, 0.3) is 0 Å². The topological polar surface area (TPSA) is 24.4 Å². The maximum Gasteiger partial charge on any atom is 0.416 e. The molecule has 1 N–H and O–H groups in total. The van der Waals surface area contributed by atoms with Crippen molar-refractivity contribution in [2.75, 3.05) is 11.9 Å². The zero-order valence-corrected chi connectivity index (χ0v) is 9.93. The summed E-state index contributed by atoms with van der Waals surface area (Å²) in [7, 11) is 0. The number of benzene rings is 1. The molecule has 5 heteroatoms. The minimum absolute atomic E-state index is 0.450. The fraction of sp³-hybridized carbons (Fsp3) is 0.462. The zero-order chi connectivity index (χ0) is 13.0. The van der Waals surface area contributed by atoms with Crippen LogP contribution in [0.1, 0.15) is 31.2 Å². The van der Waals surface area contributed by atoms with Gasteiger partial charge in [0.15, 0.2) is 0 Å². The molecule has 1 aromatic carbocycles. The molecule has 0 aliphatic carbocycles. The number of nitrogens with one attached hydrogen (secondary N) is 1. The molecule has 2 rings (SSSR count). The molecule has 0 fully saturated rings. The largest absolute Gasteiger partial charge is 0.416 e. The second-order valence-electron chi connectivity index (χ2n) is 4.34. The Morgan fingerprint density at radius 3 is 2.72 bits per heavy atom. The Balaban J connectivity index is 2.11. The lowest BCUT2D eigenvalue weighted by Crippen LogP contribution is -2.12. The molecule has 18 heavy (non-hydrogen) atoms. The van der Waals surface area contributed by atoms with Crippen molar-refractivity contribution in [3.8, 4) is 0 Å². The zero-order valence-electron chi connectivity index (χ0n) is 9.93. The van der Waals surface area contributed by atoms with Crippen LogP contribution in [0.15, 0.2) is 29.3 Å². The van der Waals surface area contributed by atoms with Gasteiger partial charge >= 0.3 is 6.18 Å². The maximum absolute atomic E-state index is 12.6. The molecule has 0 radical (unpaired) electrons. The summed E-state index contributed by atoms with van der Waals surface area (Å²) in [6.07, 6.45) is -0.297. The van der Waals surface area contributed by atoms with Crippen LogP contribution >= 0.6 is 0 Å². The van der Waals surface area contributed by atoms with Gasteiger partial charge in [0, 0.05) is 18.7 Å². The summed E-state index contributed by atoms with van der Waals surface area (Å²) >= 11 is 0. The third-order valence-corrected chi connectivity index (χ3v) is 2.85. The highest BCUT2D eigenvalue weighted by molar-refractivity contribution is 5.95. The van der Waals surface area contributed by atoms with Crippen LogP contribution in [0.3, 0.4) is 0 Å². The molecule has 0 saturated heterocycles. The van der Waals surface area contributed by atoms with Crippen LogP contribution in [-0.2, 0) is 6.18 Å². The molecular formula is C13H15F3N2. The van der Waals surface area contributed by atoms with Gasteiger partial charge in [-0.15, -0.1) is 0 Å². The Morgan fingerprint density at radius 2 is 1.94 bits per heavy atom. The highest BCUT2D eigenvalue weighted by Crippen LogP contribution is 2.30. The highest BCUT2D eigenvalue weighted by Gasteiger charge is 2.30. The summed E-state index contributed by atoms with van der Waals surface area (Å²) < 4.78 is 37.7. The predicted octanol–water partition coefficient (Wildman–Crippen LogP) is 4.09. The molecule has 0 saturated carbocycles. The number of aliphatic imine (C=N–C) groups is 1. The third-order valence-electron chi connectivity index (χ3n) is 2.85. The van der Waals surface area contributed by atoms with E-state index in [2.05, 4.69) is 10.3 Å². The van der Waals surface area contributed by atoms with Crippen molar-refractivity contribution in [2.24, 2.45) is 4.99 Å². The fourth-order valence-electron chi connectivity index (χ4n) is 1.92. The van der Waals surface area contributed by atoms with Crippen molar-refractivity contribution in [1.82, 2.24) is 0 Å². The molecule has 1 aliphatic rings. The Kier molecular flexibility index (Phi) is 3.89. The summed E-state index contributed by atoms with van der Waals surface area (Å²) in [5.41, 5.74) is -0.188. The van der Waals surface area contributed by atoms with E-state index in [1.807, 2.05) is 0 Å². The molecule has 0 spiro atoms. The molecule has 1 heterocycles. The third kappa shape index (κ3) is 3.48. The lowest BCUT2D eigenvalue weighted by molar-refractivity contribution is -0.137. The minimum Gasteiger partial charge on any atom is -0.344 e. The van der Waals surface area contributed by atoms with Crippen molar-refractivity contribution < 1.29 is 13.2 Å². The number of rotatable bonds is 1. The molecule has 1 aliphatic heterocycles. The van der Waals surface area contributed by atoms with Crippen molar-refractivity contribution in [3.05, 3.63) is 29.8 Å². The van der Waals surface area contributed by atoms with Crippen LogP contribution < -0.4 is 5.32 Å². The van der Waals surface area contributed by atoms with Crippen LogP contribution in [0.5, 0.6) is 0 Å². The first-order valence-corrected chi connectivity index (χ1v) is 6.03. The van der Waals surface area contributed by atoms with E-state index in [9.17, 15) is 13.2 Å². The van der Waals surface area contributed by atoms with E-state index in [-0.39, 0.29) is 0 Å². The Hall–Kier alpha value is -1.52. The van der Waals surface area contributed by atoms with Gasteiger partial charge in [-0.2, -0.15) is 13.2 Å². The number of nitrogens with zero attached hydrogens (tertiary/aromatic N) is 1. The normalized spacial score (nSPS) is 16.9. The first-order chi connectivity index (χ1) is 8.55. The van der Waals surface area contributed by atoms with Gasteiger partial charge in [-0.05, 0) is 31.0 Å². The molecule has 2 nitrogen and oxygen atoms in total. The van der Waals surface area contributed by atoms with Crippen LogP contribution in [0.2, 0.25) is 0 Å². The number of hydrogen-bond donors (Lipinski definition) is 1. The summed E-state index contributed by atoms with van der Waals surface area (Å²) in [5, 5.41) is 2.98. The summed E-state index contributed by atoms with van der Waals surface area (Å²) in [6, 6.07) is 5.22. The lowest BCUT2D eigenvalue weighted by atomic mass is 10.2. The summed E-state index contributed by atoms with van der Waals surface area (Å²) in [5.74, 6) is 0.784. The minimum atomic E-state index is -4.30. The van der Waals surface area contributed by atoms with Crippen molar-refractivity contribution in [3.63, 3.8) is 0 Å². The van der Waals surface area contributed by atoms with Gasteiger partial charge in [0.1, 0.15) is 5.84 Å². The number of amidine groups is 1. The summed E-state index contributed by atoms with van der Waals surface area (Å²) in [6.45, 7) is 0.751. The van der Waals surface area contributed by atoms with Crippen LogP contribution in [0, 0.1) is 0 Å². The quantitative estimate of drug-likeness (QED) is 0.804. The second-order valence-corrected chi connectivity index (χ2v) is 4.34. The number of anilines is 1. The Labute approximate surface area is 104 Å². The van der Waals surface area contributed by atoms with E-state index in [1.54, 1.807) is 6.07 Å². The van der Waals surface area contributed by atoms with Crippen molar-refractivity contribution >= 4 is 11.5 Å². The average Bonchev–Trinajstić information content (AvgIpc) is 2.57. The first kappa shape index (κ1) is 12.9. The molecule has 0 unspecified atom stereocenters. The molecule has 0 atom stereocenters. The standard InChI is InChI=1S/C13H15F3N2/c14-13(15,16)10-5-4-6-11(9-10)18-12-7-2-1-3-8-17-12/h4-6,9H,1-3,7-8H2,(H,17,18). The summed E-state index contributed by atoms with van der Waals surface area (Å²) in [4.78, 5) is 4.33. The van der Waals surface area contributed by atoms with E-state index in [1.165, 1.54) is 6.07 Å². The number of hydrogen-bond acceptors (Lipinski definition) is 2. The van der Waals surface area contributed by atoms with Gasteiger partial charge in [-0.25, -0.2) is 0 Å².